The summed E-state index contributed by atoms with van der Waals surface area (Å²) in [5.41, 5.74) is 0.439. The number of methoxy groups -OCH3 is 2. The molecule has 8 heteroatoms. The molecule has 0 bridgehead atoms. The molecule has 0 saturated heterocycles. The fourth-order valence-electron chi connectivity index (χ4n) is 2.37. The van der Waals surface area contributed by atoms with Crippen LogP contribution in [0.15, 0.2) is 12.1 Å². The van der Waals surface area contributed by atoms with Crippen LogP contribution in [0, 0.1) is 30.5 Å². The Labute approximate surface area is 136 Å². The molecule has 2 rings (SSSR count). The number of anilines is 1. The van der Waals surface area contributed by atoms with Crippen molar-refractivity contribution in [2.45, 2.75) is 19.9 Å². The van der Waals surface area contributed by atoms with Gasteiger partial charge in [-0.25, -0.2) is 0 Å². The lowest BCUT2D eigenvalue weighted by Crippen LogP contribution is -2.14. The first kappa shape index (κ1) is 17.8. The smallest absolute Gasteiger partial charge is 0.253 e. The molecule has 4 nitrogen and oxygen atoms in total. The quantitative estimate of drug-likeness (QED) is 0.654. The first-order chi connectivity index (χ1) is 11.3. The van der Waals surface area contributed by atoms with Crippen LogP contribution >= 0.6 is 0 Å². The number of halogens is 4. The van der Waals surface area contributed by atoms with Crippen molar-refractivity contribution < 1.29 is 27.0 Å². The van der Waals surface area contributed by atoms with E-state index < -0.39 is 35.3 Å². The van der Waals surface area contributed by atoms with Crippen molar-refractivity contribution in [2.24, 2.45) is 0 Å². The van der Waals surface area contributed by atoms with E-state index in [1.54, 1.807) is 26.0 Å². The Morgan fingerprint density at radius 3 is 1.96 bits per heavy atom. The number of aromatic nitrogens is 1. The van der Waals surface area contributed by atoms with Gasteiger partial charge in [-0.1, -0.05) is 0 Å². The van der Waals surface area contributed by atoms with Crippen LogP contribution in [0.3, 0.4) is 0 Å². The highest BCUT2D eigenvalue weighted by molar-refractivity contribution is 5.52. The lowest BCUT2D eigenvalue weighted by Gasteiger charge is -2.20. The van der Waals surface area contributed by atoms with E-state index in [0.717, 1.165) is 5.56 Å². The van der Waals surface area contributed by atoms with Gasteiger partial charge < -0.3 is 14.8 Å². The summed E-state index contributed by atoms with van der Waals surface area (Å²) < 4.78 is 64.2. The Morgan fingerprint density at radius 2 is 1.46 bits per heavy atom. The van der Waals surface area contributed by atoms with Gasteiger partial charge in [0.25, 0.3) is 11.9 Å². The van der Waals surface area contributed by atoms with Gasteiger partial charge in [0.2, 0.25) is 11.6 Å². The largest absolute Gasteiger partial charge is 0.493 e. The van der Waals surface area contributed by atoms with Crippen LogP contribution in [0.5, 0.6) is 11.5 Å². The van der Waals surface area contributed by atoms with Crippen LogP contribution < -0.4 is 14.8 Å². The third-order valence-corrected chi connectivity index (χ3v) is 3.60. The van der Waals surface area contributed by atoms with Crippen LogP contribution in [0.4, 0.5) is 23.2 Å². The molecule has 0 aliphatic carbocycles. The maximum Gasteiger partial charge on any atom is 0.253 e. The molecule has 1 heterocycles. The molecule has 0 fully saturated rings. The van der Waals surface area contributed by atoms with Gasteiger partial charge in [-0.15, -0.1) is 0 Å². The standard InChI is InChI=1S/C16H16F4N2O2/c1-7-5-10(23-3)11(24-4)6-9(7)8(2)21-14-12(17)15(19)22-16(20)13(14)18/h5-6,8H,1-4H3,(H,21,22). The number of hydrogen-bond donors (Lipinski definition) is 1. The molecular formula is C16H16F4N2O2. The van der Waals surface area contributed by atoms with Crippen molar-refractivity contribution >= 4 is 5.69 Å². The minimum absolute atomic E-state index is 0.416. The van der Waals surface area contributed by atoms with Crippen LogP contribution in [-0.2, 0) is 0 Å². The van der Waals surface area contributed by atoms with Gasteiger partial charge in [-0.3, -0.25) is 0 Å². The molecule has 0 amide bonds. The van der Waals surface area contributed by atoms with Crippen LogP contribution in [0.2, 0.25) is 0 Å². The molecule has 24 heavy (non-hydrogen) atoms. The van der Waals surface area contributed by atoms with Crippen LogP contribution in [0.25, 0.3) is 0 Å². The first-order valence-electron chi connectivity index (χ1n) is 6.99. The molecule has 1 unspecified atom stereocenters. The summed E-state index contributed by atoms with van der Waals surface area (Å²) in [7, 11) is 2.92. The molecule has 130 valence electrons. The van der Waals surface area contributed by atoms with E-state index in [4.69, 9.17) is 9.47 Å². The van der Waals surface area contributed by atoms with Gasteiger partial charge in [0, 0.05) is 6.04 Å². The Balaban J connectivity index is 2.43. The van der Waals surface area contributed by atoms with Crippen molar-refractivity contribution in [1.29, 1.82) is 0 Å². The summed E-state index contributed by atoms with van der Waals surface area (Å²) in [6.45, 7) is 3.35. The van der Waals surface area contributed by atoms with Crippen LogP contribution in [-0.4, -0.2) is 19.2 Å². The molecule has 0 radical (unpaired) electrons. The van der Waals surface area contributed by atoms with E-state index >= 15 is 0 Å². The number of aryl methyl sites for hydroxylation is 1. The average molecular weight is 344 g/mol. The Hall–Kier alpha value is -2.51. The number of benzene rings is 1. The maximum atomic E-state index is 13.7. The molecule has 0 spiro atoms. The van der Waals surface area contributed by atoms with Gasteiger partial charge in [-0.2, -0.15) is 22.5 Å². The van der Waals surface area contributed by atoms with Gasteiger partial charge in [0.1, 0.15) is 5.69 Å². The molecule has 0 aliphatic heterocycles. The monoisotopic (exact) mass is 344 g/mol. The highest BCUT2D eigenvalue weighted by Gasteiger charge is 2.23. The number of hydrogen-bond acceptors (Lipinski definition) is 4. The van der Waals surface area contributed by atoms with Gasteiger partial charge in [0.15, 0.2) is 11.5 Å². The first-order valence-corrected chi connectivity index (χ1v) is 6.99. The van der Waals surface area contributed by atoms with Crippen molar-refractivity contribution in [3.05, 3.63) is 46.8 Å². The molecule has 0 aliphatic rings. The third-order valence-electron chi connectivity index (χ3n) is 3.60. The zero-order valence-corrected chi connectivity index (χ0v) is 13.5. The predicted molar refractivity (Wildman–Crippen MR) is 80.4 cm³/mol. The van der Waals surface area contributed by atoms with Crippen molar-refractivity contribution in [1.82, 2.24) is 4.98 Å². The maximum absolute atomic E-state index is 13.7. The second-order valence-corrected chi connectivity index (χ2v) is 5.13. The zero-order chi connectivity index (χ0) is 18.0. The number of rotatable bonds is 5. The van der Waals surface area contributed by atoms with Crippen molar-refractivity contribution in [2.75, 3.05) is 19.5 Å². The fourth-order valence-corrected chi connectivity index (χ4v) is 2.37. The summed E-state index contributed by atoms with van der Waals surface area (Å²) in [4.78, 5) is 2.52. The van der Waals surface area contributed by atoms with E-state index in [1.165, 1.54) is 14.2 Å². The number of nitrogens with one attached hydrogen (secondary N) is 1. The van der Waals surface area contributed by atoms with Crippen molar-refractivity contribution in [3.63, 3.8) is 0 Å². The van der Waals surface area contributed by atoms with E-state index in [2.05, 4.69) is 10.3 Å². The highest BCUT2D eigenvalue weighted by atomic mass is 19.2. The van der Waals surface area contributed by atoms with Crippen molar-refractivity contribution in [3.8, 4) is 11.5 Å². The normalized spacial score (nSPS) is 12.0. The van der Waals surface area contributed by atoms with E-state index in [1.807, 2.05) is 0 Å². The highest BCUT2D eigenvalue weighted by Crippen LogP contribution is 2.34. The minimum atomic E-state index is -1.72. The predicted octanol–water partition coefficient (Wildman–Crippen LogP) is 4.14. The van der Waals surface area contributed by atoms with E-state index in [0.29, 0.717) is 17.1 Å². The number of ether oxygens (including phenoxy) is 2. The van der Waals surface area contributed by atoms with Crippen LogP contribution in [0.1, 0.15) is 24.1 Å². The average Bonchev–Trinajstić information content (AvgIpc) is 2.56. The number of pyridine rings is 1. The fraction of sp³-hybridized carbons (Fsp3) is 0.312. The van der Waals surface area contributed by atoms with Gasteiger partial charge in [0.05, 0.1) is 14.2 Å². The molecule has 1 aromatic carbocycles. The molecule has 1 aromatic heterocycles. The minimum Gasteiger partial charge on any atom is -0.493 e. The molecule has 1 atom stereocenters. The number of nitrogens with zero attached hydrogens (tertiary/aromatic N) is 1. The zero-order valence-electron chi connectivity index (χ0n) is 13.5. The third kappa shape index (κ3) is 3.22. The summed E-state index contributed by atoms with van der Waals surface area (Å²) in [5.74, 6) is -5.69. The lowest BCUT2D eigenvalue weighted by molar-refractivity contribution is 0.354. The Kier molecular flexibility index (Phi) is 5.16. The second-order valence-electron chi connectivity index (χ2n) is 5.13. The topological polar surface area (TPSA) is 43.4 Å². The lowest BCUT2D eigenvalue weighted by atomic mass is 10.0. The summed E-state index contributed by atoms with van der Waals surface area (Å²) in [6, 6.07) is 2.64. The van der Waals surface area contributed by atoms with Gasteiger partial charge in [-0.05, 0) is 37.1 Å². The molecule has 1 N–H and O–H groups in total. The summed E-state index contributed by atoms with van der Waals surface area (Å²) >= 11 is 0. The summed E-state index contributed by atoms with van der Waals surface area (Å²) in [5, 5.41) is 2.44. The van der Waals surface area contributed by atoms with Gasteiger partial charge >= 0.3 is 0 Å². The Morgan fingerprint density at radius 1 is 0.958 bits per heavy atom. The molecule has 2 aromatic rings. The molecular weight excluding hydrogens is 328 g/mol. The Bertz CT molecular complexity index is 742. The van der Waals surface area contributed by atoms with E-state index in [-0.39, 0.29) is 0 Å². The van der Waals surface area contributed by atoms with E-state index in [9.17, 15) is 17.6 Å². The second kappa shape index (κ2) is 6.94. The molecule has 0 saturated carbocycles. The summed E-state index contributed by atoms with van der Waals surface area (Å²) in [6.07, 6.45) is 0. The SMILES string of the molecule is COc1cc(C)c(C(C)Nc2c(F)c(F)nc(F)c2F)cc1OC.